The zero-order chi connectivity index (χ0) is 20.7. The molecule has 0 heterocycles. The van der Waals surface area contributed by atoms with E-state index in [9.17, 15) is 4.79 Å². The van der Waals surface area contributed by atoms with Gasteiger partial charge in [0.2, 0.25) is 0 Å². The molecule has 0 saturated carbocycles. The van der Waals surface area contributed by atoms with Gasteiger partial charge in [0.1, 0.15) is 0 Å². The summed E-state index contributed by atoms with van der Waals surface area (Å²) in [5.41, 5.74) is 14.8. The minimum absolute atomic E-state index is 0.00818. The zero-order valence-corrected chi connectivity index (χ0v) is 16.2. The van der Waals surface area contributed by atoms with Gasteiger partial charge in [-0.2, -0.15) is 0 Å². The fourth-order valence-electron chi connectivity index (χ4n) is 2.11. The molecule has 0 aliphatic carbocycles. The molecule has 0 bridgehead atoms. The molecule has 0 aliphatic rings. The van der Waals surface area contributed by atoms with Crippen LogP contribution < -0.4 is 11.5 Å². The Morgan fingerprint density at radius 1 is 1.07 bits per heavy atom. The van der Waals surface area contributed by atoms with Gasteiger partial charge in [-0.25, -0.2) is 4.79 Å². The third-order valence-electron chi connectivity index (χ3n) is 3.37. The molecular weight excluding hydrogens is 336 g/mol. The summed E-state index contributed by atoms with van der Waals surface area (Å²) in [5.74, 6) is -0.00818. The van der Waals surface area contributed by atoms with Crippen molar-refractivity contribution < 1.29 is 9.53 Å². The lowest BCUT2D eigenvalue weighted by molar-refractivity contribution is 0.151. The number of allylic oxidation sites excluding steroid dienone is 3. The maximum atomic E-state index is 10.7. The van der Waals surface area contributed by atoms with E-state index in [-0.39, 0.29) is 12.5 Å². The van der Waals surface area contributed by atoms with Crippen LogP contribution in [0.5, 0.6) is 0 Å². The van der Waals surface area contributed by atoms with Crippen LogP contribution >= 0.6 is 0 Å². The van der Waals surface area contributed by atoms with Gasteiger partial charge in [0, 0.05) is 11.6 Å². The van der Waals surface area contributed by atoms with Gasteiger partial charge < -0.3 is 16.2 Å². The number of amides is 1. The molecular formula is C23H30N2O2. The van der Waals surface area contributed by atoms with Crippen molar-refractivity contribution in [3.63, 3.8) is 0 Å². The van der Waals surface area contributed by atoms with E-state index in [1.807, 2.05) is 62.4 Å². The molecule has 0 spiro atoms. The van der Waals surface area contributed by atoms with Crippen LogP contribution in [-0.2, 0) is 4.74 Å². The minimum Gasteiger partial charge on any atom is -0.449 e. The van der Waals surface area contributed by atoms with Crippen LogP contribution in [0.1, 0.15) is 25.3 Å². The average Bonchev–Trinajstić information content (AvgIpc) is 2.68. The quantitative estimate of drug-likeness (QED) is 0.405. The molecule has 2 rings (SSSR count). The van der Waals surface area contributed by atoms with Gasteiger partial charge in [-0.1, -0.05) is 74.7 Å². The van der Waals surface area contributed by atoms with Crippen molar-refractivity contribution in [3.8, 4) is 11.1 Å². The normalized spacial score (nSPS) is 10.0. The fourth-order valence-corrected chi connectivity index (χ4v) is 2.11. The molecule has 0 aliphatic heterocycles. The standard InChI is InChI=1S/C16H18N2O2.C4H6.C3H6/c1-11(10-20-16(18)19)14-9-13(7-8-15(14)17)12-5-3-2-4-6-12;1-3-4-2;1-3-2/h2-9,11H,10,17H2,1H3,(H2,18,19);3-4H,1-2H2;3H,1H2,2H3. The topological polar surface area (TPSA) is 78.3 Å². The molecule has 4 N–H and O–H groups in total. The van der Waals surface area contributed by atoms with Crippen molar-refractivity contribution >= 4 is 11.8 Å². The van der Waals surface area contributed by atoms with Gasteiger partial charge in [-0.3, -0.25) is 0 Å². The first-order valence-electron chi connectivity index (χ1n) is 8.58. The molecule has 2 aromatic rings. The molecule has 0 radical (unpaired) electrons. The summed E-state index contributed by atoms with van der Waals surface area (Å²) in [6.07, 6.45) is 4.26. The predicted molar refractivity (Wildman–Crippen MR) is 117 cm³/mol. The minimum atomic E-state index is -0.769. The van der Waals surface area contributed by atoms with Gasteiger partial charge in [-0.05, 0) is 35.7 Å². The summed E-state index contributed by atoms with van der Waals surface area (Å²) < 4.78 is 4.84. The van der Waals surface area contributed by atoms with Crippen LogP contribution in [0.2, 0.25) is 0 Å². The number of carbonyl (C=O) groups is 1. The SMILES string of the molecule is C=CC.C=CC=C.CC(COC(N)=O)c1cc(-c2ccccc2)ccc1N. The molecule has 1 amide bonds. The first kappa shape index (κ1) is 23.7. The molecule has 0 saturated heterocycles. The maximum absolute atomic E-state index is 10.7. The van der Waals surface area contributed by atoms with E-state index in [0.717, 1.165) is 16.7 Å². The Balaban J connectivity index is 0.000000836. The summed E-state index contributed by atoms with van der Waals surface area (Å²) in [6, 6.07) is 15.9. The van der Waals surface area contributed by atoms with Crippen molar-refractivity contribution in [3.05, 3.63) is 92.1 Å². The van der Waals surface area contributed by atoms with Crippen molar-refractivity contribution in [1.29, 1.82) is 0 Å². The second-order valence-electron chi connectivity index (χ2n) is 5.62. The molecule has 27 heavy (non-hydrogen) atoms. The maximum Gasteiger partial charge on any atom is 0.404 e. The van der Waals surface area contributed by atoms with E-state index < -0.39 is 6.09 Å². The Morgan fingerprint density at radius 3 is 2.11 bits per heavy atom. The molecule has 4 heteroatoms. The largest absolute Gasteiger partial charge is 0.449 e. The molecule has 2 aromatic carbocycles. The van der Waals surface area contributed by atoms with Gasteiger partial charge in [0.15, 0.2) is 0 Å². The number of ether oxygens (including phenoxy) is 1. The summed E-state index contributed by atoms with van der Waals surface area (Å²) in [6.45, 7) is 14.1. The van der Waals surface area contributed by atoms with Gasteiger partial charge in [-0.15, -0.1) is 6.58 Å². The lowest BCUT2D eigenvalue weighted by Gasteiger charge is -2.15. The summed E-state index contributed by atoms with van der Waals surface area (Å²) in [5, 5.41) is 0. The van der Waals surface area contributed by atoms with E-state index in [4.69, 9.17) is 16.2 Å². The number of nitrogens with two attached hydrogens (primary N) is 2. The zero-order valence-electron chi connectivity index (χ0n) is 16.2. The molecule has 1 atom stereocenters. The number of anilines is 1. The Hall–Kier alpha value is -3.27. The number of carbonyl (C=O) groups excluding carboxylic acids is 1. The number of benzene rings is 2. The van der Waals surface area contributed by atoms with Crippen molar-refractivity contribution in [2.45, 2.75) is 19.8 Å². The third-order valence-corrected chi connectivity index (χ3v) is 3.37. The van der Waals surface area contributed by atoms with E-state index in [0.29, 0.717) is 5.69 Å². The summed E-state index contributed by atoms with van der Waals surface area (Å²) >= 11 is 0. The number of rotatable bonds is 5. The lowest BCUT2D eigenvalue weighted by Crippen LogP contribution is -2.17. The predicted octanol–water partition coefficient (Wildman–Crippen LogP) is 5.69. The van der Waals surface area contributed by atoms with Gasteiger partial charge in [0.05, 0.1) is 6.61 Å². The van der Waals surface area contributed by atoms with Crippen molar-refractivity contribution in [2.24, 2.45) is 5.73 Å². The second-order valence-corrected chi connectivity index (χ2v) is 5.62. The van der Waals surface area contributed by atoms with Crippen LogP contribution in [-0.4, -0.2) is 12.7 Å². The Labute approximate surface area is 162 Å². The molecule has 144 valence electrons. The second kappa shape index (κ2) is 14.0. The van der Waals surface area contributed by atoms with Crippen LogP contribution in [0.15, 0.2) is 86.5 Å². The lowest BCUT2D eigenvalue weighted by atomic mass is 9.95. The summed E-state index contributed by atoms with van der Waals surface area (Å²) in [4.78, 5) is 10.7. The van der Waals surface area contributed by atoms with Crippen LogP contribution in [0.3, 0.4) is 0 Å². The van der Waals surface area contributed by atoms with Crippen molar-refractivity contribution in [1.82, 2.24) is 0 Å². The first-order chi connectivity index (χ1) is 12.9. The average molecular weight is 367 g/mol. The smallest absolute Gasteiger partial charge is 0.404 e. The monoisotopic (exact) mass is 366 g/mol. The molecule has 0 aromatic heterocycles. The van der Waals surface area contributed by atoms with Crippen LogP contribution in [0, 0.1) is 0 Å². The van der Waals surface area contributed by atoms with Crippen LogP contribution in [0.25, 0.3) is 11.1 Å². The van der Waals surface area contributed by atoms with E-state index in [2.05, 4.69) is 19.7 Å². The fraction of sp³-hybridized carbons (Fsp3) is 0.174. The van der Waals surface area contributed by atoms with Crippen molar-refractivity contribution in [2.75, 3.05) is 12.3 Å². The highest BCUT2D eigenvalue weighted by Crippen LogP contribution is 2.28. The molecule has 4 nitrogen and oxygen atoms in total. The number of primary amides is 1. The Bertz CT molecular complexity index is 718. The number of nitrogen functional groups attached to an aromatic ring is 1. The highest BCUT2D eigenvalue weighted by atomic mass is 16.5. The van der Waals surface area contributed by atoms with Crippen LogP contribution in [0.4, 0.5) is 10.5 Å². The van der Waals surface area contributed by atoms with Gasteiger partial charge >= 0.3 is 6.09 Å². The van der Waals surface area contributed by atoms with E-state index in [1.165, 1.54) is 0 Å². The van der Waals surface area contributed by atoms with E-state index >= 15 is 0 Å². The number of hydrogen-bond acceptors (Lipinski definition) is 3. The number of hydrogen-bond donors (Lipinski definition) is 2. The molecule has 1 unspecified atom stereocenters. The Kier molecular flexibility index (Phi) is 12.3. The van der Waals surface area contributed by atoms with E-state index in [1.54, 1.807) is 18.2 Å². The highest BCUT2D eigenvalue weighted by molar-refractivity contribution is 5.68. The summed E-state index contributed by atoms with van der Waals surface area (Å²) in [7, 11) is 0. The highest BCUT2D eigenvalue weighted by Gasteiger charge is 2.12. The third kappa shape index (κ3) is 9.70. The van der Waals surface area contributed by atoms with Gasteiger partial charge in [0.25, 0.3) is 0 Å². The molecule has 0 fully saturated rings. The first-order valence-corrected chi connectivity index (χ1v) is 8.58. The Morgan fingerprint density at radius 2 is 1.63 bits per heavy atom.